The minimum atomic E-state index is -4.70. The van der Waals surface area contributed by atoms with Crippen LogP contribution < -0.4 is 10.6 Å². The number of nitrogens with zero attached hydrogens (tertiary/aromatic N) is 4. The first kappa shape index (κ1) is 24.4. The number of nitro groups is 1. The van der Waals surface area contributed by atoms with Crippen molar-refractivity contribution in [3.05, 3.63) is 100 Å². The van der Waals surface area contributed by atoms with Crippen molar-refractivity contribution in [2.75, 3.05) is 18.4 Å². The minimum absolute atomic E-state index is 0.0347. The summed E-state index contributed by atoms with van der Waals surface area (Å²) in [6, 6.07) is 14.9. The van der Waals surface area contributed by atoms with Gasteiger partial charge in [-0.05, 0) is 36.4 Å². The van der Waals surface area contributed by atoms with Gasteiger partial charge in [-0.2, -0.15) is 18.3 Å². The fourth-order valence-electron chi connectivity index (χ4n) is 3.45. The lowest BCUT2D eigenvalue weighted by Gasteiger charge is -2.11. The third-order valence-electron chi connectivity index (χ3n) is 5.16. The molecule has 0 spiro atoms. The smallest absolute Gasteiger partial charge is 0.378 e. The third-order valence-corrected chi connectivity index (χ3v) is 5.16. The number of hydrogen-bond acceptors (Lipinski definition) is 6. The van der Waals surface area contributed by atoms with Crippen molar-refractivity contribution < 1.29 is 22.9 Å². The van der Waals surface area contributed by atoms with Crippen molar-refractivity contribution in [2.45, 2.75) is 6.18 Å². The number of para-hydroxylation sites is 1. The van der Waals surface area contributed by atoms with Crippen LogP contribution in [0.4, 0.5) is 24.5 Å². The highest BCUT2D eigenvalue weighted by atomic mass is 19.4. The topological polar surface area (TPSA) is 115 Å². The molecule has 0 fully saturated rings. The van der Waals surface area contributed by atoms with E-state index in [0.717, 1.165) is 17.8 Å². The van der Waals surface area contributed by atoms with Crippen molar-refractivity contribution >= 4 is 17.3 Å². The Labute approximate surface area is 202 Å². The highest BCUT2D eigenvalue weighted by Gasteiger charge is 2.33. The number of nitro benzene ring substituents is 1. The molecule has 0 aliphatic carbocycles. The molecule has 12 heteroatoms. The predicted molar refractivity (Wildman–Crippen MR) is 126 cm³/mol. The highest BCUT2D eigenvalue weighted by Crippen LogP contribution is 2.34. The first-order chi connectivity index (χ1) is 17.2. The van der Waals surface area contributed by atoms with Crippen LogP contribution in [0.25, 0.3) is 16.9 Å². The summed E-state index contributed by atoms with van der Waals surface area (Å²) in [5.74, 6) is -0.445. The number of alkyl halides is 3. The molecule has 2 aromatic heterocycles. The summed E-state index contributed by atoms with van der Waals surface area (Å²) in [5, 5.41) is 21.2. The third kappa shape index (κ3) is 5.49. The van der Waals surface area contributed by atoms with Crippen LogP contribution in [0.1, 0.15) is 15.9 Å². The van der Waals surface area contributed by atoms with Crippen LogP contribution in [-0.2, 0) is 6.18 Å². The average Bonchev–Trinajstić information content (AvgIpc) is 3.33. The summed E-state index contributed by atoms with van der Waals surface area (Å²) in [4.78, 5) is 27.4. The number of pyridine rings is 1. The molecule has 0 saturated heterocycles. The van der Waals surface area contributed by atoms with Gasteiger partial charge in [0.15, 0.2) is 0 Å². The van der Waals surface area contributed by atoms with E-state index < -0.39 is 28.3 Å². The number of carbonyl (C=O) groups excluding carboxylic acids is 1. The van der Waals surface area contributed by atoms with Gasteiger partial charge in [-0.15, -0.1) is 0 Å². The zero-order chi connectivity index (χ0) is 25.7. The Bertz CT molecular complexity index is 1380. The molecule has 0 saturated carbocycles. The summed E-state index contributed by atoms with van der Waals surface area (Å²) in [6.45, 7) is 0.0764. The van der Waals surface area contributed by atoms with Crippen molar-refractivity contribution in [3.63, 3.8) is 0 Å². The van der Waals surface area contributed by atoms with Gasteiger partial charge < -0.3 is 10.6 Å². The van der Waals surface area contributed by atoms with Gasteiger partial charge in [-0.3, -0.25) is 19.9 Å². The van der Waals surface area contributed by atoms with Crippen molar-refractivity contribution in [1.29, 1.82) is 0 Å². The van der Waals surface area contributed by atoms with E-state index in [1.54, 1.807) is 35.4 Å². The van der Waals surface area contributed by atoms with Gasteiger partial charge in [0.1, 0.15) is 11.4 Å². The van der Waals surface area contributed by atoms with E-state index in [-0.39, 0.29) is 24.3 Å². The number of amides is 1. The lowest BCUT2D eigenvalue weighted by atomic mass is 10.1. The second-order valence-corrected chi connectivity index (χ2v) is 7.58. The molecule has 0 aliphatic heterocycles. The zero-order valence-corrected chi connectivity index (χ0v) is 18.6. The molecule has 0 atom stereocenters. The normalized spacial score (nSPS) is 11.2. The van der Waals surface area contributed by atoms with Crippen LogP contribution in [0.3, 0.4) is 0 Å². The molecule has 4 aromatic rings. The van der Waals surface area contributed by atoms with E-state index in [1.165, 1.54) is 0 Å². The maximum Gasteiger partial charge on any atom is 0.416 e. The standard InChI is InChI=1S/C24H19F3N6O3/c25-24(26,27)17-8-9-20(21(13-17)33(35)36)29-11-12-30-23(34)19-15-32(18-6-2-1-3-7-18)31-22(19)16-5-4-10-28-14-16/h1-10,13-15,29H,11-12H2,(H,30,34). The molecular weight excluding hydrogens is 477 g/mol. The van der Waals surface area contributed by atoms with E-state index in [9.17, 15) is 28.1 Å². The molecule has 0 unspecified atom stereocenters. The summed E-state index contributed by atoms with van der Waals surface area (Å²) in [5.41, 5.74) is 0.165. The van der Waals surface area contributed by atoms with Crippen LogP contribution in [-0.4, -0.2) is 38.7 Å². The molecule has 2 N–H and O–H groups in total. The van der Waals surface area contributed by atoms with Gasteiger partial charge >= 0.3 is 6.18 Å². The molecule has 0 bridgehead atoms. The van der Waals surface area contributed by atoms with E-state index in [1.807, 2.05) is 30.3 Å². The number of nitrogens with one attached hydrogen (secondary N) is 2. The Morgan fingerprint density at radius 1 is 1.06 bits per heavy atom. The van der Waals surface area contributed by atoms with E-state index in [0.29, 0.717) is 17.3 Å². The number of benzene rings is 2. The van der Waals surface area contributed by atoms with Gasteiger partial charge in [0, 0.05) is 43.3 Å². The van der Waals surface area contributed by atoms with Gasteiger partial charge in [0.25, 0.3) is 11.6 Å². The number of anilines is 1. The van der Waals surface area contributed by atoms with Gasteiger partial charge in [0.05, 0.1) is 21.7 Å². The monoisotopic (exact) mass is 496 g/mol. The number of aromatic nitrogens is 3. The molecule has 0 radical (unpaired) electrons. The Balaban J connectivity index is 1.48. The lowest BCUT2D eigenvalue weighted by Crippen LogP contribution is -2.29. The highest BCUT2D eigenvalue weighted by molar-refractivity contribution is 5.99. The first-order valence-corrected chi connectivity index (χ1v) is 10.7. The Morgan fingerprint density at radius 2 is 1.83 bits per heavy atom. The van der Waals surface area contributed by atoms with Gasteiger partial charge in [0.2, 0.25) is 0 Å². The van der Waals surface area contributed by atoms with Gasteiger partial charge in [-0.25, -0.2) is 4.68 Å². The summed E-state index contributed by atoms with van der Waals surface area (Å²) >= 11 is 0. The molecule has 0 aliphatic rings. The fourth-order valence-corrected chi connectivity index (χ4v) is 3.45. The lowest BCUT2D eigenvalue weighted by molar-refractivity contribution is -0.384. The van der Waals surface area contributed by atoms with Crippen LogP contribution in [0.2, 0.25) is 0 Å². The quantitative estimate of drug-likeness (QED) is 0.208. The summed E-state index contributed by atoms with van der Waals surface area (Å²) < 4.78 is 40.2. The Morgan fingerprint density at radius 3 is 2.50 bits per heavy atom. The van der Waals surface area contributed by atoms with Crippen LogP contribution in [0.5, 0.6) is 0 Å². The molecule has 36 heavy (non-hydrogen) atoms. The molecule has 9 nitrogen and oxygen atoms in total. The molecule has 2 heterocycles. The van der Waals surface area contributed by atoms with Crippen LogP contribution in [0.15, 0.2) is 79.3 Å². The summed E-state index contributed by atoms with van der Waals surface area (Å²) in [7, 11) is 0. The SMILES string of the molecule is O=C(NCCNc1ccc(C(F)(F)F)cc1[N+](=O)[O-])c1cn(-c2ccccc2)nc1-c1cccnc1. The zero-order valence-electron chi connectivity index (χ0n) is 18.6. The molecule has 4 rings (SSSR count). The van der Waals surface area contributed by atoms with E-state index in [4.69, 9.17) is 0 Å². The predicted octanol–water partition coefficient (Wildman–Crippen LogP) is 4.70. The van der Waals surface area contributed by atoms with E-state index >= 15 is 0 Å². The molecule has 1 amide bonds. The second-order valence-electron chi connectivity index (χ2n) is 7.58. The first-order valence-electron chi connectivity index (χ1n) is 10.7. The maximum atomic E-state index is 13.0. The number of hydrogen-bond donors (Lipinski definition) is 2. The van der Waals surface area contributed by atoms with Gasteiger partial charge in [-0.1, -0.05) is 18.2 Å². The Kier molecular flexibility index (Phi) is 6.95. The number of halogens is 3. The summed E-state index contributed by atoms with van der Waals surface area (Å²) in [6.07, 6.45) is 0.0673. The second kappa shape index (κ2) is 10.3. The molecule has 2 aromatic carbocycles. The Hall–Kier alpha value is -4.74. The van der Waals surface area contributed by atoms with Crippen molar-refractivity contribution in [3.8, 4) is 16.9 Å². The average molecular weight is 496 g/mol. The van der Waals surface area contributed by atoms with E-state index in [2.05, 4.69) is 20.7 Å². The fraction of sp³-hybridized carbons (Fsp3) is 0.125. The molecule has 184 valence electrons. The minimum Gasteiger partial charge on any atom is -0.378 e. The number of rotatable bonds is 8. The number of carbonyl (C=O) groups is 1. The van der Waals surface area contributed by atoms with Crippen molar-refractivity contribution in [1.82, 2.24) is 20.1 Å². The molecular formula is C24H19F3N6O3. The maximum absolute atomic E-state index is 13.0. The van der Waals surface area contributed by atoms with Crippen LogP contribution >= 0.6 is 0 Å². The van der Waals surface area contributed by atoms with Crippen LogP contribution in [0, 0.1) is 10.1 Å². The largest absolute Gasteiger partial charge is 0.416 e. The van der Waals surface area contributed by atoms with Crippen molar-refractivity contribution in [2.24, 2.45) is 0 Å².